The van der Waals surface area contributed by atoms with Gasteiger partial charge in [-0.2, -0.15) is 13.2 Å². The van der Waals surface area contributed by atoms with Crippen LogP contribution in [0.15, 0.2) is 49.0 Å². The lowest BCUT2D eigenvalue weighted by atomic mass is 10.1. The van der Waals surface area contributed by atoms with Crippen LogP contribution in [0.2, 0.25) is 0 Å². The first-order chi connectivity index (χ1) is 9.94. The Kier molecular flexibility index (Phi) is 4.21. The second-order valence-corrected chi connectivity index (χ2v) is 4.37. The van der Waals surface area contributed by atoms with Gasteiger partial charge in [0.15, 0.2) is 0 Å². The number of methoxy groups -OCH3 is 1. The Hall–Kier alpha value is -2.43. The molecule has 0 bridgehead atoms. The molecule has 0 aliphatic carbocycles. The van der Waals surface area contributed by atoms with Crippen LogP contribution in [-0.2, 0) is 6.18 Å². The smallest absolute Gasteiger partial charge is 0.416 e. The van der Waals surface area contributed by atoms with Crippen LogP contribution in [-0.4, -0.2) is 7.11 Å². The van der Waals surface area contributed by atoms with E-state index < -0.39 is 11.7 Å². The number of alkyl halides is 3. The van der Waals surface area contributed by atoms with Crippen LogP contribution in [0, 0.1) is 0 Å². The SMILES string of the molecule is C=Cc1ccc(OC)c(Nc2cccc(C(F)(F)F)c2)c1. The van der Waals surface area contributed by atoms with Gasteiger partial charge in [-0.3, -0.25) is 0 Å². The fraction of sp³-hybridized carbons (Fsp3) is 0.125. The topological polar surface area (TPSA) is 21.3 Å². The second-order valence-electron chi connectivity index (χ2n) is 4.37. The van der Waals surface area contributed by atoms with Crippen molar-refractivity contribution >= 4 is 17.5 Å². The Morgan fingerprint density at radius 3 is 2.52 bits per heavy atom. The Balaban J connectivity index is 2.36. The molecule has 0 fully saturated rings. The molecule has 0 saturated heterocycles. The molecule has 21 heavy (non-hydrogen) atoms. The predicted molar refractivity (Wildman–Crippen MR) is 77.8 cm³/mol. The minimum atomic E-state index is -4.37. The van der Waals surface area contributed by atoms with Crippen molar-refractivity contribution < 1.29 is 17.9 Å². The minimum Gasteiger partial charge on any atom is -0.495 e. The second kappa shape index (κ2) is 5.91. The van der Waals surface area contributed by atoms with Crippen molar-refractivity contribution in [3.05, 3.63) is 60.2 Å². The van der Waals surface area contributed by atoms with E-state index in [2.05, 4.69) is 11.9 Å². The van der Waals surface area contributed by atoms with E-state index in [-0.39, 0.29) is 0 Å². The van der Waals surface area contributed by atoms with E-state index >= 15 is 0 Å². The average Bonchev–Trinajstić information content (AvgIpc) is 2.46. The molecule has 110 valence electrons. The lowest BCUT2D eigenvalue weighted by Gasteiger charge is -2.14. The average molecular weight is 293 g/mol. The van der Waals surface area contributed by atoms with Gasteiger partial charge in [0.05, 0.1) is 18.4 Å². The van der Waals surface area contributed by atoms with Crippen molar-refractivity contribution in [3.8, 4) is 5.75 Å². The zero-order chi connectivity index (χ0) is 15.5. The lowest BCUT2D eigenvalue weighted by Crippen LogP contribution is -2.05. The third-order valence-electron chi connectivity index (χ3n) is 2.93. The number of nitrogens with one attached hydrogen (secondary N) is 1. The quantitative estimate of drug-likeness (QED) is 0.846. The highest BCUT2D eigenvalue weighted by molar-refractivity contribution is 5.70. The monoisotopic (exact) mass is 293 g/mol. The standard InChI is InChI=1S/C16H14F3NO/c1-3-11-7-8-15(21-2)14(9-11)20-13-6-4-5-12(10-13)16(17,18)19/h3-10,20H,1H2,2H3. The number of ether oxygens (including phenoxy) is 1. The summed E-state index contributed by atoms with van der Waals surface area (Å²) >= 11 is 0. The van der Waals surface area contributed by atoms with Crippen molar-refractivity contribution in [2.45, 2.75) is 6.18 Å². The molecule has 0 spiro atoms. The Morgan fingerprint density at radius 2 is 1.90 bits per heavy atom. The first-order valence-electron chi connectivity index (χ1n) is 6.19. The number of hydrogen-bond acceptors (Lipinski definition) is 2. The summed E-state index contributed by atoms with van der Waals surface area (Å²) in [5, 5.41) is 2.94. The van der Waals surface area contributed by atoms with E-state index in [0.717, 1.165) is 17.7 Å². The summed E-state index contributed by atoms with van der Waals surface area (Å²) in [5.41, 5.74) is 1.05. The molecular weight excluding hydrogens is 279 g/mol. The van der Waals surface area contributed by atoms with Crippen LogP contribution >= 0.6 is 0 Å². The first-order valence-corrected chi connectivity index (χ1v) is 6.19. The molecule has 0 unspecified atom stereocenters. The van der Waals surface area contributed by atoms with E-state index in [1.54, 1.807) is 24.3 Å². The summed E-state index contributed by atoms with van der Waals surface area (Å²) in [6, 6.07) is 10.3. The zero-order valence-corrected chi connectivity index (χ0v) is 11.4. The molecule has 0 aromatic heterocycles. The highest BCUT2D eigenvalue weighted by Crippen LogP contribution is 2.33. The molecular formula is C16H14F3NO. The molecule has 0 radical (unpaired) electrons. The summed E-state index contributed by atoms with van der Waals surface area (Å²) in [6.07, 6.45) is -2.72. The summed E-state index contributed by atoms with van der Waals surface area (Å²) in [5.74, 6) is 0.540. The Labute approximate surface area is 120 Å². The number of anilines is 2. The normalized spacial score (nSPS) is 11.0. The van der Waals surface area contributed by atoms with E-state index in [0.29, 0.717) is 17.1 Å². The summed E-state index contributed by atoms with van der Waals surface area (Å²) < 4.78 is 43.3. The molecule has 0 aliphatic heterocycles. The number of benzene rings is 2. The molecule has 5 heteroatoms. The van der Waals surface area contributed by atoms with E-state index in [1.165, 1.54) is 13.2 Å². The van der Waals surface area contributed by atoms with Gasteiger partial charge in [-0.25, -0.2) is 0 Å². The molecule has 2 nitrogen and oxygen atoms in total. The van der Waals surface area contributed by atoms with Crippen LogP contribution in [0.4, 0.5) is 24.5 Å². The van der Waals surface area contributed by atoms with Crippen molar-refractivity contribution in [3.63, 3.8) is 0 Å². The predicted octanol–water partition coefficient (Wildman–Crippen LogP) is 5.10. The highest BCUT2D eigenvalue weighted by Gasteiger charge is 2.30. The Bertz CT molecular complexity index is 650. The van der Waals surface area contributed by atoms with Gasteiger partial charge >= 0.3 is 6.18 Å². The minimum absolute atomic E-state index is 0.337. The van der Waals surface area contributed by atoms with E-state index in [9.17, 15) is 13.2 Å². The maximum absolute atomic E-state index is 12.7. The van der Waals surface area contributed by atoms with Crippen molar-refractivity contribution in [1.82, 2.24) is 0 Å². The van der Waals surface area contributed by atoms with Crippen molar-refractivity contribution in [2.75, 3.05) is 12.4 Å². The van der Waals surface area contributed by atoms with Gasteiger partial charge in [0.25, 0.3) is 0 Å². The van der Waals surface area contributed by atoms with Gasteiger partial charge in [-0.05, 0) is 35.9 Å². The number of rotatable bonds is 4. The number of hydrogen-bond donors (Lipinski definition) is 1. The summed E-state index contributed by atoms with van der Waals surface area (Å²) in [4.78, 5) is 0. The van der Waals surface area contributed by atoms with Crippen molar-refractivity contribution in [2.24, 2.45) is 0 Å². The molecule has 0 amide bonds. The van der Waals surface area contributed by atoms with Crippen LogP contribution in [0.5, 0.6) is 5.75 Å². The van der Waals surface area contributed by atoms with E-state index in [4.69, 9.17) is 4.74 Å². The lowest BCUT2D eigenvalue weighted by molar-refractivity contribution is -0.137. The van der Waals surface area contributed by atoms with Crippen LogP contribution < -0.4 is 10.1 Å². The molecule has 0 aliphatic rings. The maximum Gasteiger partial charge on any atom is 0.416 e. The highest BCUT2D eigenvalue weighted by atomic mass is 19.4. The molecule has 1 N–H and O–H groups in total. The van der Waals surface area contributed by atoms with Gasteiger partial charge in [0, 0.05) is 5.69 Å². The fourth-order valence-corrected chi connectivity index (χ4v) is 1.88. The van der Waals surface area contributed by atoms with Crippen molar-refractivity contribution in [1.29, 1.82) is 0 Å². The fourth-order valence-electron chi connectivity index (χ4n) is 1.88. The van der Waals surface area contributed by atoms with Gasteiger partial charge in [0.1, 0.15) is 5.75 Å². The molecule has 0 saturated carbocycles. The van der Waals surface area contributed by atoms with Gasteiger partial charge < -0.3 is 10.1 Å². The summed E-state index contributed by atoms with van der Waals surface area (Å²) in [7, 11) is 1.50. The zero-order valence-electron chi connectivity index (χ0n) is 11.4. The molecule has 0 heterocycles. The molecule has 2 rings (SSSR count). The first kappa shape index (κ1) is 15.0. The molecule has 0 atom stereocenters. The largest absolute Gasteiger partial charge is 0.495 e. The molecule has 2 aromatic carbocycles. The van der Waals surface area contributed by atoms with Gasteiger partial charge in [0.2, 0.25) is 0 Å². The van der Waals surface area contributed by atoms with Gasteiger partial charge in [-0.15, -0.1) is 0 Å². The maximum atomic E-state index is 12.7. The van der Waals surface area contributed by atoms with Gasteiger partial charge in [-0.1, -0.05) is 24.8 Å². The summed E-state index contributed by atoms with van der Waals surface area (Å²) in [6.45, 7) is 3.66. The van der Waals surface area contributed by atoms with Crippen LogP contribution in [0.1, 0.15) is 11.1 Å². The third-order valence-corrected chi connectivity index (χ3v) is 2.93. The Morgan fingerprint density at radius 1 is 1.14 bits per heavy atom. The molecule has 2 aromatic rings. The van der Waals surface area contributed by atoms with E-state index in [1.807, 2.05) is 6.07 Å². The van der Waals surface area contributed by atoms with Crippen LogP contribution in [0.25, 0.3) is 6.08 Å². The third kappa shape index (κ3) is 3.56. The number of halogens is 3. The van der Waals surface area contributed by atoms with Crippen LogP contribution in [0.3, 0.4) is 0 Å².